The molecule has 0 bridgehead atoms. The number of carbonyl (C=O) groups excluding carboxylic acids is 2. The molecule has 7 nitrogen and oxygen atoms in total. The SMILES string of the molecule is COc1ccccc1NC(=O)c1csc(NC(=O)Nc2cccc(C)c2)n1. The third-order valence-electron chi connectivity index (χ3n) is 3.59. The minimum absolute atomic E-state index is 0.205. The molecule has 0 saturated heterocycles. The lowest BCUT2D eigenvalue weighted by molar-refractivity contribution is 0.102. The molecule has 0 aliphatic carbocycles. The molecule has 1 heterocycles. The van der Waals surface area contributed by atoms with Crippen LogP contribution in [0.2, 0.25) is 0 Å². The normalized spacial score (nSPS) is 10.1. The van der Waals surface area contributed by atoms with E-state index in [0.717, 1.165) is 5.56 Å². The first-order valence-electron chi connectivity index (χ1n) is 8.10. The maximum absolute atomic E-state index is 12.4. The number of carbonyl (C=O) groups is 2. The smallest absolute Gasteiger partial charge is 0.325 e. The number of para-hydroxylation sites is 2. The van der Waals surface area contributed by atoms with E-state index in [1.165, 1.54) is 18.4 Å². The van der Waals surface area contributed by atoms with Crippen LogP contribution in [0.15, 0.2) is 53.9 Å². The topological polar surface area (TPSA) is 92.4 Å². The third kappa shape index (κ3) is 4.83. The molecule has 0 spiro atoms. The number of methoxy groups -OCH3 is 1. The number of ether oxygens (including phenoxy) is 1. The van der Waals surface area contributed by atoms with Gasteiger partial charge in [0, 0.05) is 11.1 Å². The van der Waals surface area contributed by atoms with Crippen LogP contribution in [0, 0.1) is 6.92 Å². The Kier molecular flexibility index (Phi) is 5.68. The highest BCUT2D eigenvalue weighted by atomic mass is 32.1. The Morgan fingerprint density at radius 1 is 1.04 bits per heavy atom. The molecular weight excluding hydrogens is 364 g/mol. The van der Waals surface area contributed by atoms with E-state index < -0.39 is 6.03 Å². The molecule has 0 atom stereocenters. The molecule has 8 heteroatoms. The Morgan fingerprint density at radius 3 is 2.63 bits per heavy atom. The van der Waals surface area contributed by atoms with Gasteiger partial charge in [-0.1, -0.05) is 24.3 Å². The Balaban J connectivity index is 1.62. The molecule has 0 aliphatic heterocycles. The molecule has 0 radical (unpaired) electrons. The van der Waals surface area contributed by atoms with Crippen molar-refractivity contribution in [2.45, 2.75) is 6.92 Å². The fourth-order valence-corrected chi connectivity index (χ4v) is 3.04. The van der Waals surface area contributed by atoms with Crippen LogP contribution in [0.3, 0.4) is 0 Å². The van der Waals surface area contributed by atoms with Crippen molar-refractivity contribution in [2.24, 2.45) is 0 Å². The summed E-state index contributed by atoms with van der Waals surface area (Å²) in [6.45, 7) is 1.94. The van der Waals surface area contributed by atoms with E-state index in [4.69, 9.17) is 4.74 Å². The molecular formula is C19H18N4O3S. The van der Waals surface area contributed by atoms with Gasteiger partial charge in [0.15, 0.2) is 5.13 Å². The number of amides is 3. The van der Waals surface area contributed by atoms with Crippen LogP contribution in [0.5, 0.6) is 5.75 Å². The van der Waals surface area contributed by atoms with Crippen LogP contribution in [0.1, 0.15) is 16.1 Å². The van der Waals surface area contributed by atoms with E-state index in [0.29, 0.717) is 22.3 Å². The minimum atomic E-state index is -0.424. The summed E-state index contributed by atoms with van der Waals surface area (Å²) in [5.74, 6) is 0.167. The largest absolute Gasteiger partial charge is 0.495 e. The molecule has 0 aliphatic rings. The zero-order valence-electron chi connectivity index (χ0n) is 14.8. The highest BCUT2D eigenvalue weighted by Crippen LogP contribution is 2.24. The van der Waals surface area contributed by atoms with E-state index in [1.807, 2.05) is 31.2 Å². The predicted molar refractivity (Wildman–Crippen MR) is 107 cm³/mol. The van der Waals surface area contributed by atoms with Crippen molar-refractivity contribution < 1.29 is 14.3 Å². The van der Waals surface area contributed by atoms with Gasteiger partial charge in [-0.3, -0.25) is 10.1 Å². The maximum atomic E-state index is 12.4. The van der Waals surface area contributed by atoms with Crippen LogP contribution in [0.4, 0.5) is 21.3 Å². The summed E-state index contributed by atoms with van der Waals surface area (Å²) >= 11 is 1.17. The van der Waals surface area contributed by atoms with Gasteiger partial charge in [0.25, 0.3) is 5.91 Å². The standard InChI is InChI=1S/C19H18N4O3S/c1-12-6-5-7-13(10-12)20-18(25)23-19-22-15(11-27-19)17(24)21-14-8-3-4-9-16(14)26-2/h3-11H,1-2H3,(H,21,24)(H2,20,22,23,25). The maximum Gasteiger partial charge on any atom is 0.325 e. The van der Waals surface area contributed by atoms with Gasteiger partial charge in [-0.15, -0.1) is 11.3 Å². The summed E-state index contributed by atoms with van der Waals surface area (Å²) in [4.78, 5) is 28.6. The van der Waals surface area contributed by atoms with Crippen molar-refractivity contribution in [1.82, 2.24) is 4.98 Å². The zero-order valence-corrected chi connectivity index (χ0v) is 15.6. The second-order valence-corrected chi connectivity index (χ2v) is 6.50. The number of nitrogens with one attached hydrogen (secondary N) is 3. The summed E-state index contributed by atoms with van der Waals surface area (Å²) < 4.78 is 5.21. The van der Waals surface area contributed by atoms with Gasteiger partial charge in [-0.05, 0) is 36.8 Å². The lowest BCUT2D eigenvalue weighted by atomic mass is 10.2. The number of urea groups is 1. The molecule has 3 N–H and O–H groups in total. The van der Waals surface area contributed by atoms with Crippen LogP contribution in [-0.2, 0) is 0 Å². The molecule has 3 amide bonds. The molecule has 3 rings (SSSR count). The Bertz CT molecular complexity index is 971. The summed E-state index contributed by atoms with van der Waals surface area (Å²) in [5, 5.41) is 9.99. The first-order chi connectivity index (χ1) is 13.0. The van der Waals surface area contributed by atoms with Crippen molar-refractivity contribution >= 4 is 39.8 Å². The average molecular weight is 382 g/mol. The fourth-order valence-electron chi connectivity index (χ4n) is 2.35. The number of aromatic nitrogens is 1. The van der Waals surface area contributed by atoms with Crippen LogP contribution < -0.4 is 20.7 Å². The number of benzene rings is 2. The number of aryl methyl sites for hydroxylation is 1. The molecule has 2 aromatic carbocycles. The van der Waals surface area contributed by atoms with Crippen molar-refractivity contribution in [3.05, 3.63) is 65.2 Å². The van der Waals surface area contributed by atoms with Gasteiger partial charge in [-0.25, -0.2) is 9.78 Å². The van der Waals surface area contributed by atoms with E-state index >= 15 is 0 Å². The first-order valence-corrected chi connectivity index (χ1v) is 8.97. The average Bonchev–Trinajstić information content (AvgIpc) is 3.10. The highest BCUT2D eigenvalue weighted by molar-refractivity contribution is 7.14. The van der Waals surface area contributed by atoms with Gasteiger partial charge in [0.1, 0.15) is 11.4 Å². The second-order valence-electron chi connectivity index (χ2n) is 5.64. The molecule has 138 valence electrons. The van der Waals surface area contributed by atoms with E-state index in [-0.39, 0.29) is 11.6 Å². The summed E-state index contributed by atoms with van der Waals surface area (Å²) in [6, 6.07) is 14.1. The zero-order chi connectivity index (χ0) is 19.2. The summed E-state index contributed by atoms with van der Waals surface area (Å²) in [6.07, 6.45) is 0. The second kappa shape index (κ2) is 8.33. The van der Waals surface area contributed by atoms with Gasteiger partial charge < -0.3 is 15.4 Å². The molecule has 0 saturated carbocycles. The van der Waals surface area contributed by atoms with Crippen molar-refractivity contribution in [1.29, 1.82) is 0 Å². The molecule has 27 heavy (non-hydrogen) atoms. The first kappa shape index (κ1) is 18.4. The van der Waals surface area contributed by atoms with Gasteiger partial charge in [-0.2, -0.15) is 0 Å². The van der Waals surface area contributed by atoms with Crippen molar-refractivity contribution in [3.8, 4) is 5.75 Å². The monoisotopic (exact) mass is 382 g/mol. The quantitative estimate of drug-likeness (QED) is 0.611. The van der Waals surface area contributed by atoms with Gasteiger partial charge in [0.05, 0.1) is 12.8 Å². The lowest BCUT2D eigenvalue weighted by Crippen LogP contribution is -2.19. The molecule has 3 aromatic rings. The number of hydrogen-bond acceptors (Lipinski definition) is 5. The van der Waals surface area contributed by atoms with Crippen LogP contribution in [0.25, 0.3) is 0 Å². The van der Waals surface area contributed by atoms with Crippen molar-refractivity contribution in [2.75, 3.05) is 23.1 Å². The molecule has 0 unspecified atom stereocenters. The Morgan fingerprint density at radius 2 is 1.85 bits per heavy atom. The lowest BCUT2D eigenvalue weighted by Gasteiger charge is -2.08. The fraction of sp³-hybridized carbons (Fsp3) is 0.105. The van der Waals surface area contributed by atoms with Crippen LogP contribution >= 0.6 is 11.3 Å². The third-order valence-corrected chi connectivity index (χ3v) is 4.35. The number of thiazole rings is 1. The summed E-state index contributed by atoms with van der Waals surface area (Å²) in [7, 11) is 1.53. The number of anilines is 3. The van der Waals surface area contributed by atoms with E-state index in [9.17, 15) is 9.59 Å². The highest BCUT2D eigenvalue weighted by Gasteiger charge is 2.14. The molecule has 0 fully saturated rings. The Hall–Kier alpha value is -3.39. The Labute approximate surface area is 160 Å². The number of nitrogens with zero attached hydrogens (tertiary/aromatic N) is 1. The predicted octanol–water partition coefficient (Wildman–Crippen LogP) is 4.36. The summed E-state index contributed by atoms with van der Waals surface area (Å²) in [5.41, 5.74) is 2.47. The van der Waals surface area contributed by atoms with Crippen LogP contribution in [-0.4, -0.2) is 24.0 Å². The van der Waals surface area contributed by atoms with Gasteiger partial charge in [0.2, 0.25) is 0 Å². The van der Waals surface area contributed by atoms with E-state index in [2.05, 4.69) is 20.9 Å². The molecule has 1 aromatic heterocycles. The minimum Gasteiger partial charge on any atom is -0.495 e. The van der Waals surface area contributed by atoms with Gasteiger partial charge >= 0.3 is 6.03 Å². The van der Waals surface area contributed by atoms with Crippen molar-refractivity contribution in [3.63, 3.8) is 0 Å². The van der Waals surface area contributed by atoms with E-state index in [1.54, 1.807) is 29.6 Å². The number of hydrogen-bond donors (Lipinski definition) is 3. The number of rotatable bonds is 5.